The second-order valence-corrected chi connectivity index (χ2v) is 17.0. The molecule has 0 atom stereocenters. The maximum absolute atomic E-state index is 2.48. The highest BCUT2D eigenvalue weighted by Crippen LogP contribution is 2.51. The minimum absolute atomic E-state index is 0.0595. The van der Waals surface area contributed by atoms with Gasteiger partial charge in [-0.15, -0.1) is 0 Å². The zero-order chi connectivity index (χ0) is 37.5. The summed E-state index contributed by atoms with van der Waals surface area (Å²) in [6, 6.07) is 63.8. The van der Waals surface area contributed by atoms with Crippen molar-refractivity contribution in [3.63, 3.8) is 0 Å². The Labute approximate surface area is 326 Å². The fraction of sp³-hybridized carbons (Fsp3) is 0.111. The van der Waals surface area contributed by atoms with E-state index in [2.05, 4.69) is 207 Å². The third-order valence-corrected chi connectivity index (χ3v) is 13.3. The first kappa shape index (κ1) is 31.7. The fourth-order valence-corrected chi connectivity index (χ4v) is 10.5. The molecular weight excluding hydrogens is 677 g/mol. The summed E-state index contributed by atoms with van der Waals surface area (Å²) in [5.41, 5.74) is 20.6. The predicted molar refractivity (Wildman–Crippen MR) is 236 cm³/mol. The van der Waals surface area contributed by atoms with Crippen LogP contribution in [0.4, 0.5) is 0 Å². The Balaban J connectivity index is 1.02. The molecule has 0 unspecified atom stereocenters. The van der Waals surface area contributed by atoms with Crippen LogP contribution in [0.1, 0.15) is 49.9 Å². The van der Waals surface area contributed by atoms with Crippen molar-refractivity contribution in [1.29, 1.82) is 0 Å². The van der Waals surface area contributed by atoms with Gasteiger partial charge in [-0.25, -0.2) is 0 Å². The van der Waals surface area contributed by atoms with Crippen molar-refractivity contribution in [2.24, 2.45) is 0 Å². The van der Waals surface area contributed by atoms with Crippen molar-refractivity contribution in [1.82, 2.24) is 9.13 Å². The Morgan fingerprint density at radius 2 is 0.732 bits per heavy atom. The zero-order valence-corrected chi connectivity index (χ0v) is 32.1. The summed E-state index contributed by atoms with van der Waals surface area (Å²) in [6.07, 6.45) is 0. The highest BCUT2D eigenvalue weighted by atomic mass is 15.0. The third kappa shape index (κ3) is 4.11. The smallest absolute Gasteiger partial charge is 0.0547 e. The largest absolute Gasteiger partial charge is 0.309 e. The highest BCUT2D eigenvalue weighted by Gasteiger charge is 2.37. The summed E-state index contributed by atoms with van der Waals surface area (Å²) in [4.78, 5) is 0. The molecule has 12 rings (SSSR count). The zero-order valence-electron chi connectivity index (χ0n) is 32.1. The Hall–Kier alpha value is -6.64. The van der Waals surface area contributed by atoms with Gasteiger partial charge in [-0.1, -0.05) is 143 Å². The normalized spacial score (nSPS) is 14.7. The van der Waals surface area contributed by atoms with Crippen LogP contribution < -0.4 is 0 Å². The van der Waals surface area contributed by atoms with Crippen LogP contribution in [0.3, 0.4) is 0 Å². The lowest BCUT2D eigenvalue weighted by Crippen LogP contribution is -2.15. The molecule has 10 aromatic rings. The SMILES string of the molecule is CC1(C)c2ccccc2-c2ccc(-n3c4ccccc4c4cc(-c5ccc6c7ccccc7n(-c7ccc8c(c7)C(C)(C)c7ccccc7-8)c6c5)ccc43)cc21. The van der Waals surface area contributed by atoms with Crippen molar-refractivity contribution in [2.75, 3.05) is 0 Å². The standard InChI is InChI=1S/C54H40N2/c1-53(2)45-17-9-5-13-37(45)39-26-23-35(31-47(39)53)55-50-20-12-8-16-42(50)44-29-33(22-28-51(44)55)34-21-25-43-41-15-7-11-19-49(41)56(52(43)30-34)36-24-27-40-38-14-6-10-18-46(38)54(3,4)48(40)32-36/h5-32H,1-4H3. The van der Waals surface area contributed by atoms with Crippen LogP contribution in [-0.4, -0.2) is 9.13 Å². The van der Waals surface area contributed by atoms with E-state index in [-0.39, 0.29) is 10.8 Å². The van der Waals surface area contributed by atoms with Crippen molar-refractivity contribution >= 4 is 43.6 Å². The van der Waals surface area contributed by atoms with Gasteiger partial charge in [-0.3, -0.25) is 0 Å². The van der Waals surface area contributed by atoms with E-state index in [9.17, 15) is 0 Å². The molecule has 2 heteroatoms. The van der Waals surface area contributed by atoms with Gasteiger partial charge in [0.1, 0.15) is 0 Å². The van der Waals surface area contributed by atoms with Gasteiger partial charge in [0, 0.05) is 43.7 Å². The van der Waals surface area contributed by atoms with Crippen LogP contribution in [0.25, 0.3) is 88.4 Å². The van der Waals surface area contributed by atoms with Gasteiger partial charge in [0.2, 0.25) is 0 Å². The van der Waals surface area contributed by atoms with Gasteiger partial charge in [0.05, 0.1) is 22.1 Å². The number of para-hydroxylation sites is 2. The Bertz CT molecular complexity index is 3310. The first-order valence-corrected chi connectivity index (χ1v) is 19.9. The molecule has 2 aromatic heterocycles. The van der Waals surface area contributed by atoms with Crippen molar-refractivity contribution in [2.45, 2.75) is 38.5 Å². The number of fused-ring (bicyclic) bond motifs is 12. The second kappa shape index (κ2) is 11.0. The van der Waals surface area contributed by atoms with Crippen molar-refractivity contribution in [3.05, 3.63) is 192 Å². The number of benzene rings is 8. The number of hydrogen-bond acceptors (Lipinski definition) is 0. The number of rotatable bonds is 3. The molecule has 0 saturated carbocycles. The molecule has 0 saturated heterocycles. The highest BCUT2D eigenvalue weighted by molar-refractivity contribution is 6.12. The van der Waals surface area contributed by atoms with Crippen LogP contribution in [0.2, 0.25) is 0 Å². The molecule has 266 valence electrons. The van der Waals surface area contributed by atoms with Crippen molar-refractivity contribution in [3.8, 4) is 44.8 Å². The quantitative estimate of drug-likeness (QED) is 0.172. The lowest BCUT2D eigenvalue weighted by Gasteiger charge is -2.22. The molecule has 0 aliphatic heterocycles. The molecule has 2 heterocycles. The average Bonchev–Trinajstić information content (AvgIpc) is 3.89. The molecule has 2 aliphatic carbocycles. The predicted octanol–water partition coefficient (Wildman–Crippen LogP) is 14.2. The van der Waals surface area contributed by atoms with E-state index >= 15 is 0 Å². The first-order chi connectivity index (χ1) is 27.3. The Morgan fingerprint density at radius 1 is 0.304 bits per heavy atom. The number of hydrogen-bond donors (Lipinski definition) is 0. The van der Waals surface area contributed by atoms with Crippen LogP contribution in [-0.2, 0) is 10.8 Å². The summed E-state index contributed by atoms with van der Waals surface area (Å²) >= 11 is 0. The van der Waals surface area contributed by atoms with E-state index in [0.717, 1.165) is 0 Å². The van der Waals surface area contributed by atoms with E-state index in [4.69, 9.17) is 0 Å². The Morgan fingerprint density at radius 3 is 1.34 bits per heavy atom. The van der Waals surface area contributed by atoms with E-state index in [0.29, 0.717) is 0 Å². The third-order valence-electron chi connectivity index (χ3n) is 13.3. The lowest BCUT2D eigenvalue weighted by atomic mass is 9.82. The van der Waals surface area contributed by atoms with Crippen LogP contribution in [0.15, 0.2) is 170 Å². The molecule has 0 amide bonds. The minimum Gasteiger partial charge on any atom is -0.309 e. The minimum atomic E-state index is -0.0680. The monoisotopic (exact) mass is 716 g/mol. The van der Waals surface area contributed by atoms with E-state index in [1.54, 1.807) is 0 Å². The summed E-state index contributed by atoms with van der Waals surface area (Å²) < 4.78 is 4.94. The van der Waals surface area contributed by atoms with Gasteiger partial charge in [0.25, 0.3) is 0 Å². The molecule has 2 nitrogen and oxygen atoms in total. The molecule has 8 aromatic carbocycles. The van der Waals surface area contributed by atoms with Gasteiger partial charge < -0.3 is 9.13 Å². The lowest BCUT2D eigenvalue weighted by molar-refractivity contribution is 0.660. The summed E-state index contributed by atoms with van der Waals surface area (Å²) in [5, 5.41) is 5.08. The number of aromatic nitrogens is 2. The second-order valence-electron chi connectivity index (χ2n) is 17.0. The summed E-state index contributed by atoms with van der Waals surface area (Å²) in [5.74, 6) is 0. The van der Waals surface area contributed by atoms with Gasteiger partial charge in [0.15, 0.2) is 0 Å². The molecule has 0 bridgehead atoms. The Kier molecular flexibility index (Phi) is 6.22. The van der Waals surface area contributed by atoms with E-state index < -0.39 is 0 Å². The topological polar surface area (TPSA) is 9.86 Å². The summed E-state index contributed by atoms with van der Waals surface area (Å²) in [7, 11) is 0. The van der Waals surface area contributed by atoms with Gasteiger partial charge >= 0.3 is 0 Å². The number of nitrogens with zero attached hydrogens (tertiary/aromatic N) is 2. The van der Waals surface area contributed by atoms with E-state index in [1.165, 1.54) is 111 Å². The van der Waals surface area contributed by atoms with Gasteiger partial charge in [-0.2, -0.15) is 0 Å². The molecule has 2 aliphatic rings. The van der Waals surface area contributed by atoms with Crippen LogP contribution in [0, 0.1) is 0 Å². The molecule has 0 radical (unpaired) electrons. The molecule has 0 spiro atoms. The molecule has 0 fully saturated rings. The fourth-order valence-electron chi connectivity index (χ4n) is 10.5. The van der Waals surface area contributed by atoms with Crippen LogP contribution >= 0.6 is 0 Å². The average molecular weight is 717 g/mol. The van der Waals surface area contributed by atoms with Gasteiger partial charge in [-0.05, 0) is 110 Å². The summed E-state index contributed by atoms with van der Waals surface area (Å²) in [6.45, 7) is 9.45. The molecule has 0 N–H and O–H groups in total. The molecule has 56 heavy (non-hydrogen) atoms. The van der Waals surface area contributed by atoms with Crippen LogP contribution in [0.5, 0.6) is 0 Å². The molecular formula is C54H40N2. The van der Waals surface area contributed by atoms with Crippen molar-refractivity contribution < 1.29 is 0 Å². The maximum atomic E-state index is 2.48. The maximum Gasteiger partial charge on any atom is 0.0547 e. The first-order valence-electron chi connectivity index (χ1n) is 19.9. The van der Waals surface area contributed by atoms with E-state index in [1.807, 2.05) is 0 Å².